The lowest BCUT2D eigenvalue weighted by molar-refractivity contribution is 0.100. The number of nitrogens with zero attached hydrogens (tertiary/aromatic N) is 4. The van der Waals surface area contributed by atoms with E-state index < -0.39 is 5.91 Å². The van der Waals surface area contributed by atoms with Crippen LogP contribution >= 0.6 is 0 Å². The Labute approximate surface area is 123 Å². The van der Waals surface area contributed by atoms with E-state index in [0.717, 1.165) is 31.5 Å². The molecular formula is C15H19N5O. The quantitative estimate of drug-likeness (QED) is 0.922. The largest absolute Gasteiger partial charge is 0.366 e. The molecule has 0 radical (unpaired) electrons. The van der Waals surface area contributed by atoms with Gasteiger partial charge >= 0.3 is 0 Å². The van der Waals surface area contributed by atoms with Crippen molar-refractivity contribution < 1.29 is 4.79 Å². The summed E-state index contributed by atoms with van der Waals surface area (Å²) in [6.45, 7) is 2.16. The highest BCUT2D eigenvalue weighted by Crippen LogP contribution is 2.25. The molecule has 21 heavy (non-hydrogen) atoms. The summed E-state index contributed by atoms with van der Waals surface area (Å²) in [7, 11) is 2.14. The zero-order chi connectivity index (χ0) is 14.8. The molecule has 2 N–H and O–H groups in total. The minimum atomic E-state index is -0.467. The summed E-state index contributed by atoms with van der Waals surface area (Å²) in [6, 6.07) is 3.82. The number of likely N-dealkylation sites (tertiary alicyclic amines) is 1. The van der Waals surface area contributed by atoms with E-state index in [1.807, 2.05) is 10.9 Å². The molecule has 1 amide bonds. The van der Waals surface area contributed by atoms with Gasteiger partial charge in [-0.1, -0.05) is 0 Å². The molecule has 110 valence electrons. The molecule has 1 fully saturated rings. The maximum atomic E-state index is 11.5. The van der Waals surface area contributed by atoms with Gasteiger partial charge in [-0.3, -0.25) is 14.5 Å². The predicted molar refractivity (Wildman–Crippen MR) is 79.7 cm³/mol. The van der Waals surface area contributed by atoms with Crippen LogP contribution in [0.25, 0.3) is 11.3 Å². The van der Waals surface area contributed by atoms with Crippen LogP contribution in [0.3, 0.4) is 0 Å². The molecule has 2 aromatic heterocycles. The summed E-state index contributed by atoms with van der Waals surface area (Å²) < 4.78 is 1.99. The second kappa shape index (κ2) is 5.65. The van der Waals surface area contributed by atoms with Crippen molar-refractivity contribution in [1.29, 1.82) is 0 Å². The van der Waals surface area contributed by atoms with Gasteiger partial charge in [0.2, 0.25) is 0 Å². The number of hydrogen-bond acceptors (Lipinski definition) is 4. The first-order chi connectivity index (χ1) is 10.1. The topological polar surface area (TPSA) is 77.0 Å². The van der Waals surface area contributed by atoms with Gasteiger partial charge in [0.05, 0.1) is 23.5 Å². The van der Waals surface area contributed by atoms with Crippen molar-refractivity contribution in [1.82, 2.24) is 19.7 Å². The molecule has 0 saturated carbocycles. The molecule has 0 atom stereocenters. The first-order valence-electron chi connectivity index (χ1n) is 7.13. The summed E-state index contributed by atoms with van der Waals surface area (Å²) in [5, 5.41) is 4.45. The van der Waals surface area contributed by atoms with Crippen molar-refractivity contribution >= 4 is 5.91 Å². The molecule has 1 aliphatic rings. The lowest BCUT2D eigenvalue weighted by Gasteiger charge is -2.28. The Kier molecular flexibility index (Phi) is 3.70. The number of aromatic nitrogens is 3. The van der Waals surface area contributed by atoms with E-state index in [2.05, 4.69) is 22.0 Å². The van der Waals surface area contributed by atoms with Crippen LogP contribution in [0.15, 0.2) is 30.7 Å². The van der Waals surface area contributed by atoms with E-state index in [1.165, 1.54) is 0 Å². The minimum absolute atomic E-state index is 0.413. The summed E-state index contributed by atoms with van der Waals surface area (Å²) in [4.78, 5) is 18.1. The fourth-order valence-electron chi connectivity index (χ4n) is 2.75. The number of piperidine rings is 1. The molecule has 0 unspecified atom stereocenters. The van der Waals surface area contributed by atoms with Crippen LogP contribution in [0.4, 0.5) is 0 Å². The molecular weight excluding hydrogens is 266 g/mol. The standard InChI is InChI=1S/C15H19N5O/c1-19-7-4-12(5-8-19)20-10-11(9-18-20)14-13(15(16)21)3-2-6-17-14/h2-3,6,9-10,12H,4-5,7-8H2,1H3,(H2,16,21). The smallest absolute Gasteiger partial charge is 0.250 e. The minimum Gasteiger partial charge on any atom is -0.366 e. The van der Waals surface area contributed by atoms with Gasteiger partial charge in [0.25, 0.3) is 5.91 Å². The second-order valence-electron chi connectivity index (χ2n) is 5.51. The first kappa shape index (κ1) is 13.8. The summed E-state index contributed by atoms with van der Waals surface area (Å²) in [5.74, 6) is -0.467. The van der Waals surface area contributed by atoms with E-state index >= 15 is 0 Å². The van der Waals surface area contributed by atoms with E-state index in [4.69, 9.17) is 5.73 Å². The molecule has 6 heteroatoms. The highest BCUT2D eigenvalue weighted by atomic mass is 16.1. The molecule has 0 spiro atoms. The number of carbonyl (C=O) groups is 1. The molecule has 2 aromatic rings. The first-order valence-corrected chi connectivity index (χ1v) is 7.13. The number of primary amides is 1. The number of nitrogens with two attached hydrogens (primary N) is 1. The normalized spacial score (nSPS) is 17.0. The monoisotopic (exact) mass is 285 g/mol. The Bertz CT molecular complexity index is 643. The molecule has 1 aliphatic heterocycles. The van der Waals surface area contributed by atoms with Gasteiger partial charge in [0.15, 0.2) is 0 Å². The van der Waals surface area contributed by atoms with Crippen molar-refractivity contribution in [2.75, 3.05) is 20.1 Å². The highest BCUT2D eigenvalue weighted by Gasteiger charge is 2.20. The number of amides is 1. The molecule has 6 nitrogen and oxygen atoms in total. The van der Waals surface area contributed by atoms with Gasteiger partial charge in [-0.15, -0.1) is 0 Å². The van der Waals surface area contributed by atoms with Crippen molar-refractivity contribution in [3.8, 4) is 11.3 Å². The molecule has 1 saturated heterocycles. The van der Waals surface area contributed by atoms with Gasteiger partial charge in [-0.25, -0.2) is 0 Å². The molecule has 0 aliphatic carbocycles. The van der Waals surface area contributed by atoms with Crippen LogP contribution in [0.5, 0.6) is 0 Å². The number of rotatable bonds is 3. The lowest BCUT2D eigenvalue weighted by atomic mass is 10.1. The van der Waals surface area contributed by atoms with Gasteiger partial charge < -0.3 is 10.6 Å². The van der Waals surface area contributed by atoms with Crippen molar-refractivity contribution in [2.24, 2.45) is 5.73 Å². The van der Waals surface area contributed by atoms with E-state index in [9.17, 15) is 4.79 Å². The molecule has 0 bridgehead atoms. The van der Waals surface area contributed by atoms with E-state index in [0.29, 0.717) is 17.3 Å². The van der Waals surface area contributed by atoms with Crippen LogP contribution in [0, 0.1) is 0 Å². The van der Waals surface area contributed by atoms with Crippen LogP contribution in [-0.2, 0) is 0 Å². The molecule has 3 heterocycles. The third kappa shape index (κ3) is 2.80. The Hall–Kier alpha value is -2.21. The second-order valence-corrected chi connectivity index (χ2v) is 5.51. The summed E-state index contributed by atoms with van der Waals surface area (Å²) >= 11 is 0. The van der Waals surface area contributed by atoms with Crippen molar-refractivity contribution in [3.63, 3.8) is 0 Å². The summed E-state index contributed by atoms with van der Waals surface area (Å²) in [5.41, 5.74) is 7.27. The predicted octanol–water partition coefficient (Wildman–Crippen LogP) is 1.31. The lowest BCUT2D eigenvalue weighted by Crippen LogP contribution is -2.31. The Morgan fingerprint density at radius 2 is 2.14 bits per heavy atom. The van der Waals surface area contributed by atoms with Crippen molar-refractivity contribution in [3.05, 3.63) is 36.3 Å². The van der Waals surface area contributed by atoms with Crippen molar-refractivity contribution in [2.45, 2.75) is 18.9 Å². The van der Waals surface area contributed by atoms with Gasteiger partial charge in [0.1, 0.15) is 0 Å². The van der Waals surface area contributed by atoms with Gasteiger partial charge in [-0.2, -0.15) is 5.10 Å². The van der Waals surface area contributed by atoms with Crippen LogP contribution in [0.2, 0.25) is 0 Å². The maximum Gasteiger partial charge on any atom is 0.250 e. The molecule has 3 rings (SSSR count). The highest BCUT2D eigenvalue weighted by molar-refractivity contribution is 5.98. The van der Waals surface area contributed by atoms with Gasteiger partial charge in [0, 0.05) is 18.0 Å². The Morgan fingerprint density at radius 1 is 1.38 bits per heavy atom. The van der Waals surface area contributed by atoms with Crippen LogP contribution in [0.1, 0.15) is 29.2 Å². The third-order valence-electron chi connectivity index (χ3n) is 4.01. The fourth-order valence-corrected chi connectivity index (χ4v) is 2.75. The fraction of sp³-hybridized carbons (Fsp3) is 0.400. The zero-order valence-corrected chi connectivity index (χ0v) is 12.1. The Balaban J connectivity index is 1.87. The molecule has 0 aromatic carbocycles. The number of pyridine rings is 1. The number of hydrogen-bond donors (Lipinski definition) is 1. The SMILES string of the molecule is CN1CCC(n2cc(-c3ncccc3C(N)=O)cn2)CC1. The van der Waals surface area contributed by atoms with Gasteiger partial charge in [-0.05, 0) is 45.1 Å². The summed E-state index contributed by atoms with van der Waals surface area (Å²) in [6.07, 6.45) is 7.55. The van der Waals surface area contributed by atoms with E-state index in [1.54, 1.807) is 24.5 Å². The zero-order valence-electron chi connectivity index (χ0n) is 12.1. The van der Waals surface area contributed by atoms with Crippen LogP contribution in [-0.4, -0.2) is 45.7 Å². The third-order valence-corrected chi connectivity index (χ3v) is 4.01. The maximum absolute atomic E-state index is 11.5. The average molecular weight is 285 g/mol. The van der Waals surface area contributed by atoms with Crippen LogP contribution < -0.4 is 5.73 Å². The Morgan fingerprint density at radius 3 is 2.86 bits per heavy atom. The van der Waals surface area contributed by atoms with E-state index in [-0.39, 0.29) is 0 Å². The average Bonchev–Trinajstić information content (AvgIpc) is 2.97. The number of carbonyl (C=O) groups excluding carboxylic acids is 1.